The van der Waals surface area contributed by atoms with Gasteiger partial charge in [-0.25, -0.2) is 23.0 Å². The van der Waals surface area contributed by atoms with Crippen LogP contribution in [0.1, 0.15) is 23.2 Å². The number of anilines is 2. The highest BCUT2D eigenvalue weighted by atomic mass is 32.2. The molecule has 1 aromatic carbocycles. The Morgan fingerprint density at radius 2 is 1.91 bits per heavy atom. The van der Waals surface area contributed by atoms with Gasteiger partial charge in [-0.05, 0) is 49.2 Å². The standard InChI is InChI=1S/C23H27N5O5S/c1-26(21-19(22(29)33-2)5-4-11-24-21)18-9-12-27(13-10-18)23(30)28-14-8-16-15-17(6-7-20(16)28)25-34(3,31)32/h4-8,11,14-15,18,25H,9-10,12-13H2,1-3H3. The van der Waals surface area contributed by atoms with Crippen molar-refractivity contribution in [3.63, 3.8) is 0 Å². The number of methoxy groups -OCH3 is 1. The molecule has 180 valence electrons. The Kier molecular flexibility index (Phi) is 6.47. The molecule has 3 heterocycles. The number of carbonyl (C=O) groups is 2. The van der Waals surface area contributed by atoms with Gasteiger partial charge in [-0.15, -0.1) is 0 Å². The Morgan fingerprint density at radius 3 is 2.59 bits per heavy atom. The van der Waals surface area contributed by atoms with Crippen LogP contribution < -0.4 is 9.62 Å². The van der Waals surface area contributed by atoms with Crippen molar-refractivity contribution in [1.82, 2.24) is 14.5 Å². The molecule has 34 heavy (non-hydrogen) atoms. The molecule has 0 unspecified atom stereocenters. The third-order valence-electron chi connectivity index (χ3n) is 6.01. The van der Waals surface area contributed by atoms with Crippen LogP contribution in [0.5, 0.6) is 0 Å². The lowest BCUT2D eigenvalue weighted by Gasteiger charge is -2.37. The average Bonchev–Trinajstić information content (AvgIpc) is 3.25. The van der Waals surface area contributed by atoms with Gasteiger partial charge in [0.25, 0.3) is 0 Å². The molecule has 0 saturated carbocycles. The average molecular weight is 486 g/mol. The quantitative estimate of drug-likeness (QED) is 0.553. The van der Waals surface area contributed by atoms with E-state index in [1.165, 1.54) is 7.11 Å². The van der Waals surface area contributed by atoms with Crippen LogP contribution in [-0.4, -0.2) is 74.4 Å². The second-order valence-corrected chi connectivity index (χ2v) is 10.1. The van der Waals surface area contributed by atoms with E-state index < -0.39 is 16.0 Å². The minimum absolute atomic E-state index is 0.119. The smallest absolute Gasteiger partial charge is 0.341 e. The van der Waals surface area contributed by atoms with Gasteiger partial charge in [-0.1, -0.05) is 0 Å². The van der Waals surface area contributed by atoms with Crippen LogP contribution in [0.2, 0.25) is 0 Å². The van der Waals surface area contributed by atoms with Crippen molar-refractivity contribution in [1.29, 1.82) is 0 Å². The van der Waals surface area contributed by atoms with Gasteiger partial charge in [-0.2, -0.15) is 0 Å². The molecule has 10 nitrogen and oxygen atoms in total. The molecule has 1 aliphatic heterocycles. The maximum Gasteiger partial charge on any atom is 0.341 e. The number of aromatic nitrogens is 2. The molecule has 0 spiro atoms. The molecule has 1 fully saturated rings. The third kappa shape index (κ3) is 4.84. The van der Waals surface area contributed by atoms with E-state index >= 15 is 0 Å². The zero-order chi connectivity index (χ0) is 24.5. The van der Waals surface area contributed by atoms with Gasteiger partial charge < -0.3 is 14.5 Å². The number of carbonyl (C=O) groups excluding carboxylic acids is 2. The number of ether oxygens (including phenoxy) is 1. The molecule has 1 aliphatic rings. The highest BCUT2D eigenvalue weighted by Gasteiger charge is 2.29. The van der Waals surface area contributed by atoms with Gasteiger partial charge in [-0.3, -0.25) is 9.29 Å². The van der Waals surface area contributed by atoms with Gasteiger partial charge in [0.1, 0.15) is 11.4 Å². The molecule has 1 amide bonds. The number of amides is 1. The van der Waals surface area contributed by atoms with E-state index in [2.05, 4.69) is 9.71 Å². The van der Waals surface area contributed by atoms with Gasteiger partial charge in [0.2, 0.25) is 10.0 Å². The SMILES string of the molecule is COC(=O)c1cccnc1N(C)C1CCN(C(=O)n2ccc3cc(NS(C)(=O)=O)ccc32)CC1. The third-order valence-corrected chi connectivity index (χ3v) is 6.61. The number of rotatable bonds is 5. The summed E-state index contributed by atoms with van der Waals surface area (Å²) < 4.78 is 31.9. The highest BCUT2D eigenvalue weighted by molar-refractivity contribution is 7.92. The predicted octanol–water partition coefficient (Wildman–Crippen LogP) is 2.76. The maximum atomic E-state index is 13.2. The van der Waals surface area contributed by atoms with E-state index in [1.54, 1.807) is 58.3 Å². The van der Waals surface area contributed by atoms with Gasteiger partial charge in [0, 0.05) is 49.6 Å². The maximum absolute atomic E-state index is 13.2. The minimum atomic E-state index is -3.38. The lowest BCUT2D eigenvalue weighted by molar-refractivity contribution is 0.0601. The fourth-order valence-electron chi connectivity index (χ4n) is 4.30. The number of pyridine rings is 1. The summed E-state index contributed by atoms with van der Waals surface area (Å²) in [7, 11) is -0.134. The van der Waals surface area contributed by atoms with Crippen LogP contribution in [0.3, 0.4) is 0 Å². The summed E-state index contributed by atoms with van der Waals surface area (Å²) in [6, 6.07) is 10.2. The summed E-state index contributed by atoms with van der Waals surface area (Å²) in [4.78, 5) is 33.5. The molecule has 2 aromatic heterocycles. The first-order valence-corrected chi connectivity index (χ1v) is 12.7. The lowest BCUT2D eigenvalue weighted by Crippen LogP contribution is -2.47. The normalized spacial score (nSPS) is 14.7. The topological polar surface area (TPSA) is 114 Å². The van der Waals surface area contributed by atoms with Crippen molar-refractivity contribution in [3.05, 3.63) is 54.4 Å². The summed E-state index contributed by atoms with van der Waals surface area (Å²) in [5, 5.41) is 0.766. The Hall–Kier alpha value is -3.60. The van der Waals surface area contributed by atoms with Crippen molar-refractivity contribution in [2.24, 2.45) is 0 Å². The van der Waals surface area contributed by atoms with E-state index in [1.807, 2.05) is 11.9 Å². The number of benzene rings is 1. The van der Waals surface area contributed by atoms with Gasteiger partial charge in [0.05, 0.1) is 18.9 Å². The van der Waals surface area contributed by atoms with Crippen LogP contribution in [0.15, 0.2) is 48.8 Å². The van der Waals surface area contributed by atoms with E-state index in [9.17, 15) is 18.0 Å². The van der Waals surface area contributed by atoms with E-state index in [0.717, 1.165) is 24.5 Å². The summed E-state index contributed by atoms with van der Waals surface area (Å²) in [6.45, 7) is 1.11. The Balaban J connectivity index is 1.45. The summed E-state index contributed by atoms with van der Waals surface area (Å²) in [5.74, 6) is 0.131. The highest BCUT2D eigenvalue weighted by Crippen LogP contribution is 2.26. The van der Waals surface area contributed by atoms with Crippen LogP contribution >= 0.6 is 0 Å². The molecule has 4 rings (SSSR count). The fraction of sp³-hybridized carbons (Fsp3) is 0.348. The molecule has 0 aliphatic carbocycles. The van der Waals surface area contributed by atoms with Crippen molar-refractivity contribution in [2.45, 2.75) is 18.9 Å². The largest absolute Gasteiger partial charge is 0.465 e. The van der Waals surface area contributed by atoms with Gasteiger partial charge in [0.15, 0.2) is 0 Å². The van der Waals surface area contributed by atoms with E-state index in [4.69, 9.17) is 4.74 Å². The molecular formula is C23H27N5O5S. The van der Waals surface area contributed by atoms with Crippen LogP contribution in [0.4, 0.5) is 16.3 Å². The first-order chi connectivity index (χ1) is 16.2. The molecular weight excluding hydrogens is 458 g/mol. The zero-order valence-electron chi connectivity index (χ0n) is 19.3. The van der Waals surface area contributed by atoms with Gasteiger partial charge >= 0.3 is 12.0 Å². The predicted molar refractivity (Wildman–Crippen MR) is 130 cm³/mol. The number of likely N-dealkylation sites (tertiary alicyclic amines) is 1. The number of fused-ring (bicyclic) bond motifs is 1. The van der Waals surface area contributed by atoms with Crippen LogP contribution in [0, 0.1) is 0 Å². The second-order valence-electron chi connectivity index (χ2n) is 8.31. The number of esters is 1. The summed E-state index contributed by atoms with van der Waals surface area (Å²) in [5.41, 5.74) is 1.57. The number of nitrogens with zero attached hydrogens (tertiary/aromatic N) is 4. The molecule has 11 heteroatoms. The van der Waals surface area contributed by atoms with E-state index in [-0.39, 0.29) is 12.1 Å². The molecule has 0 bridgehead atoms. The molecule has 0 radical (unpaired) electrons. The summed E-state index contributed by atoms with van der Waals surface area (Å²) >= 11 is 0. The zero-order valence-corrected chi connectivity index (χ0v) is 20.1. The second kappa shape index (κ2) is 9.34. The van der Waals surface area contributed by atoms with Crippen LogP contribution in [-0.2, 0) is 14.8 Å². The number of hydrogen-bond donors (Lipinski definition) is 1. The molecule has 1 N–H and O–H groups in total. The Morgan fingerprint density at radius 1 is 1.18 bits per heavy atom. The lowest BCUT2D eigenvalue weighted by atomic mass is 10.0. The molecule has 1 saturated heterocycles. The Bertz CT molecular complexity index is 1330. The molecule has 0 atom stereocenters. The number of hydrogen-bond acceptors (Lipinski definition) is 7. The van der Waals surface area contributed by atoms with Crippen molar-refractivity contribution in [2.75, 3.05) is 43.1 Å². The number of sulfonamides is 1. The minimum Gasteiger partial charge on any atom is -0.465 e. The Labute approximate surface area is 198 Å². The van der Waals surface area contributed by atoms with Crippen molar-refractivity contribution < 1.29 is 22.7 Å². The van der Waals surface area contributed by atoms with Crippen molar-refractivity contribution in [3.8, 4) is 0 Å². The van der Waals surface area contributed by atoms with E-state index in [0.29, 0.717) is 35.7 Å². The first kappa shape index (κ1) is 23.6. The first-order valence-electron chi connectivity index (χ1n) is 10.8. The van der Waals surface area contributed by atoms with Crippen LogP contribution in [0.25, 0.3) is 10.9 Å². The number of nitrogens with one attached hydrogen (secondary N) is 1. The fourth-order valence-corrected chi connectivity index (χ4v) is 4.86. The molecule has 3 aromatic rings. The van der Waals surface area contributed by atoms with Crippen molar-refractivity contribution >= 4 is 44.4 Å². The summed E-state index contributed by atoms with van der Waals surface area (Å²) in [6.07, 6.45) is 5.88. The number of piperidine rings is 1. The monoisotopic (exact) mass is 485 g/mol.